The minimum Gasteiger partial charge on any atom is -0.488 e. The van der Waals surface area contributed by atoms with Crippen molar-refractivity contribution in [2.45, 2.75) is 70.4 Å². The van der Waals surface area contributed by atoms with Crippen LogP contribution in [0, 0.1) is 5.92 Å². The maximum Gasteiger partial charge on any atom is 0.226 e. The van der Waals surface area contributed by atoms with Crippen LogP contribution in [0.4, 0.5) is 0 Å². The van der Waals surface area contributed by atoms with Gasteiger partial charge in [0, 0.05) is 37.8 Å². The summed E-state index contributed by atoms with van der Waals surface area (Å²) < 4.78 is 17.1. The molecule has 8 rings (SSSR count). The second-order valence-electron chi connectivity index (χ2n) is 13.5. The first-order chi connectivity index (χ1) is 22.9. The van der Waals surface area contributed by atoms with E-state index in [0.717, 1.165) is 94.0 Å². The first-order valence-corrected chi connectivity index (χ1v) is 16.7. The maximum absolute atomic E-state index is 13.3. The van der Waals surface area contributed by atoms with Gasteiger partial charge in [-0.25, -0.2) is 9.97 Å². The summed E-state index contributed by atoms with van der Waals surface area (Å²) in [6.07, 6.45) is 5.02. The fourth-order valence-electron chi connectivity index (χ4n) is 7.78. The number of rotatable bonds is 8. The van der Waals surface area contributed by atoms with E-state index in [4.69, 9.17) is 24.2 Å². The lowest BCUT2D eigenvalue weighted by Crippen LogP contribution is -2.37. The molecule has 2 saturated heterocycles. The fraction of sp³-hybridized carbons (Fsp3) is 0.432. The van der Waals surface area contributed by atoms with Crippen LogP contribution in [0.15, 0.2) is 48.7 Å². The second kappa shape index (κ2) is 12.1. The minimum absolute atomic E-state index is 0.0769. The summed E-state index contributed by atoms with van der Waals surface area (Å²) in [5.74, 6) is 3.29. The lowest BCUT2D eigenvalue weighted by atomic mass is 9.92. The number of H-pyrrole nitrogens is 2. The fourth-order valence-corrected chi connectivity index (χ4v) is 7.78. The van der Waals surface area contributed by atoms with Gasteiger partial charge in [-0.3, -0.25) is 4.79 Å². The Morgan fingerprint density at radius 1 is 1.09 bits per heavy atom. The Kier molecular flexibility index (Phi) is 7.74. The molecule has 1 amide bonds. The van der Waals surface area contributed by atoms with E-state index in [-0.39, 0.29) is 30.1 Å². The molecule has 0 aliphatic carbocycles. The van der Waals surface area contributed by atoms with Crippen LogP contribution in [-0.4, -0.2) is 70.3 Å². The Hall–Kier alpha value is -4.25. The lowest BCUT2D eigenvalue weighted by molar-refractivity contribution is -0.136. The predicted molar refractivity (Wildman–Crippen MR) is 181 cm³/mol. The van der Waals surface area contributed by atoms with E-state index < -0.39 is 0 Å². The van der Waals surface area contributed by atoms with Gasteiger partial charge in [-0.05, 0) is 85.4 Å². The topological polar surface area (TPSA) is 117 Å². The summed E-state index contributed by atoms with van der Waals surface area (Å²) in [7, 11) is 3.41. The summed E-state index contributed by atoms with van der Waals surface area (Å²) in [6, 6.07) is 15.5. The molecule has 3 aromatic carbocycles. The molecule has 47 heavy (non-hydrogen) atoms. The van der Waals surface area contributed by atoms with Crippen molar-refractivity contribution in [3.63, 3.8) is 0 Å². The van der Waals surface area contributed by atoms with E-state index in [1.165, 1.54) is 5.56 Å². The average Bonchev–Trinajstić information content (AvgIpc) is 3.89. The predicted octanol–water partition coefficient (Wildman–Crippen LogP) is 6.44. The number of carbonyl (C=O) groups is 1. The highest BCUT2D eigenvalue weighted by molar-refractivity contribution is 6.07. The monoisotopic (exact) mass is 634 g/mol. The number of nitrogens with one attached hydrogen (secondary N) is 3. The number of amides is 1. The van der Waals surface area contributed by atoms with Crippen molar-refractivity contribution in [3.8, 4) is 28.1 Å². The molecule has 2 aromatic heterocycles. The zero-order chi connectivity index (χ0) is 32.2. The van der Waals surface area contributed by atoms with E-state index in [2.05, 4.69) is 64.7 Å². The van der Waals surface area contributed by atoms with Crippen LogP contribution in [0.2, 0.25) is 0 Å². The zero-order valence-electron chi connectivity index (χ0n) is 27.4. The number of hydrogen-bond acceptors (Lipinski definition) is 7. The average molecular weight is 635 g/mol. The van der Waals surface area contributed by atoms with E-state index >= 15 is 0 Å². The van der Waals surface area contributed by atoms with Crippen molar-refractivity contribution >= 4 is 27.7 Å². The molecular weight excluding hydrogens is 592 g/mol. The third-order valence-corrected chi connectivity index (χ3v) is 10.4. The minimum atomic E-state index is -0.120. The van der Waals surface area contributed by atoms with Gasteiger partial charge in [0.05, 0.1) is 54.1 Å². The number of aromatic amines is 2. The van der Waals surface area contributed by atoms with Gasteiger partial charge in [-0.15, -0.1) is 0 Å². The molecule has 3 N–H and O–H groups in total. The van der Waals surface area contributed by atoms with Crippen molar-refractivity contribution in [3.05, 3.63) is 65.9 Å². The Morgan fingerprint density at radius 3 is 2.83 bits per heavy atom. The van der Waals surface area contributed by atoms with Gasteiger partial charge in [0.15, 0.2) is 0 Å². The van der Waals surface area contributed by atoms with Gasteiger partial charge in [-0.1, -0.05) is 18.2 Å². The first-order valence-electron chi connectivity index (χ1n) is 16.7. The molecular formula is C37H42N6O4. The third kappa shape index (κ3) is 5.38. The molecule has 3 aliphatic rings. The van der Waals surface area contributed by atoms with Crippen molar-refractivity contribution in [1.29, 1.82) is 0 Å². The number of fused-ring (bicyclic) bond motifs is 6. The van der Waals surface area contributed by atoms with Gasteiger partial charge >= 0.3 is 0 Å². The molecule has 10 nitrogen and oxygen atoms in total. The van der Waals surface area contributed by atoms with Crippen LogP contribution in [0.1, 0.15) is 68.8 Å². The van der Waals surface area contributed by atoms with Crippen molar-refractivity contribution in [1.82, 2.24) is 30.2 Å². The van der Waals surface area contributed by atoms with Crippen molar-refractivity contribution in [2.75, 3.05) is 27.4 Å². The number of imidazole rings is 2. The Balaban J connectivity index is 1.07. The standard InChI is InChI=1S/C37H42N6O4/c1-20-5-10-32(43(20)34(44)11-21(2)46-4)37-40-29-9-7-23-14-28-26-8-6-24(13-25(26)19-47-33(28)15-27(23)35(29)42-37)31-17-39-36(41-31)30-12-22(16-38-30)18-45-3/h6-9,13-15,17,20-22,30,32,38H,5,10-12,16,18-19H2,1-4H3,(H,39,41)(H,40,42)/t20-,21+,22-,30-,32-/m0/s1. The number of nitrogens with zero attached hydrogens (tertiary/aromatic N) is 3. The molecule has 0 unspecified atom stereocenters. The molecule has 0 radical (unpaired) electrons. The van der Waals surface area contributed by atoms with Gasteiger partial charge in [-0.2, -0.15) is 0 Å². The van der Waals surface area contributed by atoms with E-state index in [0.29, 0.717) is 18.9 Å². The van der Waals surface area contributed by atoms with Crippen LogP contribution >= 0.6 is 0 Å². The Labute approximate surface area is 274 Å². The van der Waals surface area contributed by atoms with E-state index in [1.54, 1.807) is 14.2 Å². The molecule has 5 heterocycles. The Bertz CT molecular complexity index is 1970. The summed E-state index contributed by atoms with van der Waals surface area (Å²) in [6.45, 7) is 6.26. The highest BCUT2D eigenvalue weighted by atomic mass is 16.5. The summed E-state index contributed by atoms with van der Waals surface area (Å²) >= 11 is 0. The molecule has 5 atom stereocenters. The van der Waals surface area contributed by atoms with E-state index in [1.807, 2.05) is 18.0 Å². The van der Waals surface area contributed by atoms with Gasteiger partial charge in [0.25, 0.3) is 0 Å². The maximum atomic E-state index is 13.3. The van der Waals surface area contributed by atoms with Crippen LogP contribution < -0.4 is 10.1 Å². The molecule has 10 heteroatoms. The number of hydrogen-bond donors (Lipinski definition) is 3. The smallest absolute Gasteiger partial charge is 0.226 e. The number of benzene rings is 3. The quantitative estimate of drug-likeness (QED) is 0.180. The number of likely N-dealkylation sites (tertiary alicyclic amines) is 1. The summed E-state index contributed by atoms with van der Waals surface area (Å²) in [5, 5.41) is 5.71. The third-order valence-electron chi connectivity index (χ3n) is 10.4. The number of carbonyl (C=O) groups excluding carboxylic acids is 1. The first kappa shape index (κ1) is 30.1. The normalized spacial score (nSPS) is 22.9. The Morgan fingerprint density at radius 2 is 1.98 bits per heavy atom. The van der Waals surface area contributed by atoms with E-state index in [9.17, 15) is 4.79 Å². The molecule has 0 bridgehead atoms. The van der Waals surface area contributed by atoms with Gasteiger partial charge in [0.2, 0.25) is 5.91 Å². The van der Waals surface area contributed by atoms with Gasteiger partial charge < -0.3 is 34.4 Å². The summed E-state index contributed by atoms with van der Waals surface area (Å²) in [5.41, 5.74) is 7.38. The SMILES string of the molecule is COC[C@@H]1CN[C@H](c2ncc(-c3ccc4c(c3)COc3cc5c(ccc6[nH]c([C@@H]7CC[C@H](C)N7C(=O)C[C@@H](C)OC)nc65)cc3-4)[nH]2)C1. The zero-order valence-corrected chi connectivity index (χ0v) is 27.4. The molecule has 3 aliphatic heterocycles. The van der Waals surface area contributed by atoms with Crippen LogP contribution in [0.25, 0.3) is 44.2 Å². The molecule has 2 fully saturated rings. The second-order valence-corrected chi connectivity index (χ2v) is 13.5. The largest absolute Gasteiger partial charge is 0.488 e. The van der Waals surface area contributed by atoms with Gasteiger partial charge in [0.1, 0.15) is 24.0 Å². The number of methoxy groups -OCH3 is 2. The number of ether oxygens (including phenoxy) is 3. The molecule has 0 spiro atoms. The van der Waals surface area contributed by atoms with Crippen LogP contribution in [0.5, 0.6) is 5.75 Å². The molecule has 244 valence electrons. The highest BCUT2D eigenvalue weighted by Crippen LogP contribution is 2.43. The summed E-state index contributed by atoms with van der Waals surface area (Å²) in [4.78, 5) is 32.2. The van der Waals surface area contributed by atoms with Crippen molar-refractivity contribution in [2.24, 2.45) is 5.92 Å². The molecule has 5 aromatic rings. The van der Waals surface area contributed by atoms with Crippen LogP contribution in [-0.2, 0) is 20.9 Å². The van der Waals surface area contributed by atoms with Crippen LogP contribution in [0.3, 0.4) is 0 Å². The lowest BCUT2D eigenvalue weighted by Gasteiger charge is -2.28. The highest BCUT2D eigenvalue weighted by Gasteiger charge is 2.37. The van der Waals surface area contributed by atoms with Crippen molar-refractivity contribution < 1.29 is 19.0 Å². The molecule has 0 saturated carbocycles. The number of aromatic nitrogens is 4.